The van der Waals surface area contributed by atoms with Crippen molar-refractivity contribution in [1.29, 1.82) is 0 Å². The molecule has 1 fully saturated rings. The van der Waals surface area contributed by atoms with Crippen LogP contribution in [0.3, 0.4) is 0 Å². The molecule has 0 radical (unpaired) electrons. The van der Waals surface area contributed by atoms with Crippen molar-refractivity contribution in [2.75, 3.05) is 10.6 Å². The maximum absolute atomic E-state index is 12.3. The summed E-state index contributed by atoms with van der Waals surface area (Å²) in [4.78, 5) is 20.9. The molecule has 1 heterocycles. The van der Waals surface area contributed by atoms with Crippen LogP contribution in [0.2, 0.25) is 10.0 Å². The van der Waals surface area contributed by atoms with Gasteiger partial charge in [0.1, 0.15) is 5.69 Å². The molecule has 0 bridgehead atoms. The molecular weight excluding hydrogens is 347 g/mol. The molecule has 0 spiro atoms. The number of nitrogens with zero attached hydrogens (tertiary/aromatic N) is 2. The first-order valence-electron chi connectivity index (χ1n) is 7.98. The fourth-order valence-electron chi connectivity index (χ4n) is 2.75. The van der Waals surface area contributed by atoms with Crippen molar-refractivity contribution in [2.24, 2.45) is 0 Å². The number of aromatic nitrogens is 2. The van der Waals surface area contributed by atoms with Crippen LogP contribution in [-0.2, 0) is 0 Å². The van der Waals surface area contributed by atoms with Crippen molar-refractivity contribution in [3.63, 3.8) is 0 Å². The van der Waals surface area contributed by atoms with Crippen LogP contribution in [0.4, 0.5) is 11.6 Å². The van der Waals surface area contributed by atoms with E-state index in [0.29, 0.717) is 33.4 Å². The van der Waals surface area contributed by atoms with Crippen molar-refractivity contribution >= 4 is 40.7 Å². The smallest absolute Gasteiger partial charge is 0.274 e. The maximum atomic E-state index is 12.3. The molecule has 1 amide bonds. The third-order valence-corrected chi connectivity index (χ3v) is 4.74. The van der Waals surface area contributed by atoms with Gasteiger partial charge >= 0.3 is 0 Å². The highest BCUT2D eigenvalue weighted by atomic mass is 35.5. The fraction of sp³-hybridized carbons (Fsp3) is 0.353. The highest BCUT2D eigenvalue weighted by Gasteiger charge is 2.15. The van der Waals surface area contributed by atoms with E-state index >= 15 is 0 Å². The van der Waals surface area contributed by atoms with Gasteiger partial charge in [-0.1, -0.05) is 42.5 Å². The Hall–Kier alpha value is -1.85. The van der Waals surface area contributed by atoms with E-state index in [-0.39, 0.29) is 5.91 Å². The van der Waals surface area contributed by atoms with Gasteiger partial charge in [0.2, 0.25) is 5.95 Å². The largest absolute Gasteiger partial charge is 0.351 e. The Morgan fingerprint density at radius 3 is 2.62 bits per heavy atom. The lowest BCUT2D eigenvalue weighted by Crippen LogP contribution is -2.24. The second kappa shape index (κ2) is 7.81. The predicted octanol–water partition coefficient (Wildman–Crippen LogP) is 4.78. The van der Waals surface area contributed by atoms with Crippen LogP contribution in [0, 0.1) is 0 Å². The molecule has 0 unspecified atom stereocenters. The first kappa shape index (κ1) is 17.0. The van der Waals surface area contributed by atoms with Crippen molar-refractivity contribution in [3.8, 4) is 0 Å². The van der Waals surface area contributed by atoms with E-state index in [1.807, 2.05) is 0 Å². The number of amides is 1. The molecule has 7 heteroatoms. The highest BCUT2D eigenvalue weighted by molar-refractivity contribution is 6.42. The van der Waals surface area contributed by atoms with E-state index in [1.165, 1.54) is 19.3 Å². The molecule has 0 saturated heterocycles. The lowest BCUT2D eigenvalue weighted by molar-refractivity contribution is 0.102. The van der Waals surface area contributed by atoms with Crippen molar-refractivity contribution in [1.82, 2.24) is 9.97 Å². The van der Waals surface area contributed by atoms with E-state index in [0.717, 1.165) is 12.8 Å². The molecular formula is C17H18Cl2N4O. The standard InChI is InChI=1S/C17H18Cl2N4O/c18-13-7-6-12(10-14(13)19)21-16(24)15-8-9-20-17(23-15)22-11-4-2-1-3-5-11/h6-11H,1-5H2,(H,21,24)(H,20,22,23). The lowest BCUT2D eigenvalue weighted by Gasteiger charge is -2.22. The van der Waals surface area contributed by atoms with Gasteiger partial charge in [-0.3, -0.25) is 4.79 Å². The van der Waals surface area contributed by atoms with Crippen LogP contribution in [-0.4, -0.2) is 21.9 Å². The third kappa shape index (κ3) is 4.36. The van der Waals surface area contributed by atoms with Crippen LogP contribution in [0.15, 0.2) is 30.5 Å². The maximum Gasteiger partial charge on any atom is 0.274 e. The van der Waals surface area contributed by atoms with Crippen molar-refractivity contribution in [3.05, 3.63) is 46.2 Å². The number of carbonyl (C=O) groups excluding carboxylic acids is 1. The Morgan fingerprint density at radius 2 is 1.88 bits per heavy atom. The van der Waals surface area contributed by atoms with Gasteiger partial charge in [-0.2, -0.15) is 0 Å². The Morgan fingerprint density at radius 1 is 1.08 bits per heavy atom. The van der Waals surface area contributed by atoms with Gasteiger partial charge in [-0.05, 0) is 37.1 Å². The molecule has 1 aliphatic rings. The average molecular weight is 365 g/mol. The van der Waals surface area contributed by atoms with Crippen molar-refractivity contribution < 1.29 is 4.79 Å². The second-order valence-corrected chi connectivity index (χ2v) is 6.64. The Balaban J connectivity index is 1.68. The topological polar surface area (TPSA) is 66.9 Å². The first-order chi connectivity index (χ1) is 11.6. The van der Waals surface area contributed by atoms with Gasteiger partial charge in [0.25, 0.3) is 5.91 Å². The summed E-state index contributed by atoms with van der Waals surface area (Å²) in [5.74, 6) is 0.172. The molecule has 126 valence electrons. The molecule has 2 N–H and O–H groups in total. The van der Waals surface area contributed by atoms with Crippen LogP contribution in [0.1, 0.15) is 42.6 Å². The Labute approximate surface area is 150 Å². The molecule has 1 aromatic carbocycles. The monoisotopic (exact) mass is 364 g/mol. The number of anilines is 2. The molecule has 0 aliphatic heterocycles. The number of halogens is 2. The van der Waals surface area contributed by atoms with Gasteiger partial charge in [0.05, 0.1) is 10.0 Å². The SMILES string of the molecule is O=C(Nc1ccc(Cl)c(Cl)c1)c1ccnc(NC2CCCCC2)n1. The minimum atomic E-state index is -0.317. The number of benzene rings is 1. The van der Waals surface area contributed by atoms with E-state index in [9.17, 15) is 4.79 Å². The number of hydrogen-bond donors (Lipinski definition) is 2. The minimum absolute atomic E-state index is 0.300. The summed E-state index contributed by atoms with van der Waals surface area (Å²) in [6.45, 7) is 0. The van der Waals surface area contributed by atoms with Gasteiger partial charge in [-0.25, -0.2) is 9.97 Å². The molecule has 1 aliphatic carbocycles. The van der Waals surface area contributed by atoms with Gasteiger partial charge < -0.3 is 10.6 Å². The summed E-state index contributed by atoms with van der Waals surface area (Å²) in [7, 11) is 0. The highest BCUT2D eigenvalue weighted by Crippen LogP contribution is 2.25. The number of rotatable bonds is 4. The molecule has 3 rings (SSSR count). The van der Waals surface area contributed by atoms with E-state index < -0.39 is 0 Å². The zero-order valence-electron chi connectivity index (χ0n) is 13.1. The summed E-state index contributed by atoms with van der Waals surface area (Å²) in [6.07, 6.45) is 7.53. The average Bonchev–Trinajstić information content (AvgIpc) is 2.59. The summed E-state index contributed by atoms with van der Waals surface area (Å²) >= 11 is 11.8. The van der Waals surface area contributed by atoms with Crippen LogP contribution >= 0.6 is 23.2 Å². The normalized spacial score (nSPS) is 15.1. The summed E-state index contributed by atoms with van der Waals surface area (Å²) in [6, 6.07) is 6.89. The quantitative estimate of drug-likeness (QED) is 0.818. The second-order valence-electron chi connectivity index (χ2n) is 5.83. The molecule has 1 saturated carbocycles. The Bertz CT molecular complexity index is 732. The predicted molar refractivity (Wildman–Crippen MR) is 96.9 cm³/mol. The van der Waals surface area contributed by atoms with Crippen molar-refractivity contribution in [2.45, 2.75) is 38.1 Å². The third-order valence-electron chi connectivity index (χ3n) is 4.00. The lowest BCUT2D eigenvalue weighted by atomic mass is 9.96. The molecule has 1 aromatic heterocycles. The molecule has 24 heavy (non-hydrogen) atoms. The fourth-order valence-corrected chi connectivity index (χ4v) is 3.05. The van der Waals surface area contributed by atoms with Crippen LogP contribution in [0.25, 0.3) is 0 Å². The van der Waals surface area contributed by atoms with Gasteiger partial charge in [0, 0.05) is 17.9 Å². The van der Waals surface area contributed by atoms with E-state index in [1.54, 1.807) is 30.5 Å². The van der Waals surface area contributed by atoms with Gasteiger partial charge in [-0.15, -0.1) is 0 Å². The van der Waals surface area contributed by atoms with Crippen LogP contribution < -0.4 is 10.6 Å². The van der Waals surface area contributed by atoms with Gasteiger partial charge in [0.15, 0.2) is 0 Å². The van der Waals surface area contributed by atoms with E-state index in [4.69, 9.17) is 23.2 Å². The zero-order chi connectivity index (χ0) is 16.9. The molecule has 0 atom stereocenters. The number of carbonyl (C=O) groups is 1. The number of nitrogens with one attached hydrogen (secondary N) is 2. The Kier molecular flexibility index (Phi) is 5.53. The zero-order valence-corrected chi connectivity index (χ0v) is 14.6. The van der Waals surface area contributed by atoms with Crippen LogP contribution in [0.5, 0.6) is 0 Å². The number of hydrogen-bond acceptors (Lipinski definition) is 4. The summed E-state index contributed by atoms with van der Waals surface area (Å²) < 4.78 is 0. The molecule has 5 nitrogen and oxygen atoms in total. The first-order valence-corrected chi connectivity index (χ1v) is 8.73. The molecule has 2 aromatic rings. The minimum Gasteiger partial charge on any atom is -0.351 e. The van der Waals surface area contributed by atoms with E-state index in [2.05, 4.69) is 20.6 Å². The summed E-state index contributed by atoms with van der Waals surface area (Å²) in [5, 5.41) is 6.90. The summed E-state index contributed by atoms with van der Waals surface area (Å²) in [5.41, 5.74) is 0.865.